The van der Waals surface area contributed by atoms with Crippen LogP contribution in [0.1, 0.15) is 45.6 Å². The molecule has 1 amide bonds. The summed E-state index contributed by atoms with van der Waals surface area (Å²) in [5.41, 5.74) is 1.26. The predicted octanol–water partition coefficient (Wildman–Crippen LogP) is 2.47. The molecule has 158 valence electrons. The van der Waals surface area contributed by atoms with E-state index >= 15 is 0 Å². The molecule has 28 heavy (non-hydrogen) atoms. The highest BCUT2D eigenvalue weighted by Crippen LogP contribution is 2.20. The second-order valence-corrected chi connectivity index (χ2v) is 9.94. The lowest BCUT2D eigenvalue weighted by Gasteiger charge is -2.31. The first kappa shape index (κ1) is 22.8. The van der Waals surface area contributed by atoms with Crippen LogP contribution < -0.4 is 5.32 Å². The van der Waals surface area contributed by atoms with E-state index in [9.17, 15) is 13.2 Å². The van der Waals surface area contributed by atoms with Gasteiger partial charge in [-0.25, -0.2) is 12.7 Å². The first-order chi connectivity index (χ1) is 13.3. The van der Waals surface area contributed by atoms with Gasteiger partial charge in [0.05, 0.1) is 11.7 Å². The highest BCUT2D eigenvalue weighted by molar-refractivity contribution is 7.89. The highest BCUT2D eigenvalue weighted by atomic mass is 32.2. The number of nitrogens with one attached hydrogen (secondary N) is 1. The van der Waals surface area contributed by atoms with Crippen LogP contribution in [0.4, 0.5) is 0 Å². The Bertz CT molecular complexity index is 707. The number of piperidine rings is 1. The van der Waals surface area contributed by atoms with Crippen molar-refractivity contribution < 1.29 is 13.2 Å². The van der Waals surface area contributed by atoms with Gasteiger partial charge in [-0.15, -0.1) is 0 Å². The molecule has 1 N–H and O–H groups in total. The van der Waals surface area contributed by atoms with Gasteiger partial charge in [-0.05, 0) is 38.7 Å². The molecule has 2 rings (SSSR count). The zero-order chi connectivity index (χ0) is 20.6. The summed E-state index contributed by atoms with van der Waals surface area (Å²) in [6, 6.07) is 10.7. The number of sulfonamides is 1. The van der Waals surface area contributed by atoms with Crippen LogP contribution in [-0.4, -0.2) is 61.5 Å². The fourth-order valence-electron chi connectivity index (χ4n) is 3.60. The van der Waals surface area contributed by atoms with E-state index in [2.05, 4.69) is 36.2 Å². The largest absolute Gasteiger partial charge is 0.355 e. The SMILES string of the molecule is CCCS(=O)(=O)N1CCCC(C(=O)NCCN(Cc2ccccc2)C(C)C)C1. The molecule has 1 saturated heterocycles. The van der Waals surface area contributed by atoms with Gasteiger partial charge in [0, 0.05) is 38.8 Å². The van der Waals surface area contributed by atoms with Crippen molar-refractivity contribution in [3.63, 3.8) is 0 Å². The van der Waals surface area contributed by atoms with Gasteiger partial charge >= 0.3 is 0 Å². The molecule has 7 heteroatoms. The third-order valence-corrected chi connectivity index (χ3v) is 7.31. The number of nitrogens with zero attached hydrogens (tertiary/aromatic N) is 2. The molecule has 1 aliphatic heterocycles. The summed E-state index contributed by atoms with van der Waals surface area (Å²) in [6.07, 6.45) is 2.09. The molecule has 1 aliphatic rings. The molecule has 1 aromatic carbocycles. The zero-order valence-corrected chi connectivity index (χ0v) is 18.2. The molecule has 1 unspecified atom stereocenters. The normalized spacial score (nSPS) is 18.5. The van der Waals surface area contributed by atoms with Crippen molar-refractivity contribution in [2.24, 2.45) is 5.92 Å². The smallest absolute Gasteiger partial charge is 0.224 e. The summed E-state index contributed by atoms with van der Waals surface area (Å²) in [4.78, 5) is 14.9. The maximum atomic E-state index is 12.6. The fourth-order valence-corrected chi connectivity index (χ4v) is 5.19. The molecular weight excluding hydrogens is 374 g/mol. The van der Waals surface area contributed by atoms with Crippen LogP contribution in [0, 0.1) is 5.92 Å². The minimum atomic E-state index is -3.23. The first-order valence-corrected chi connectivity index (χ1v) is 12.0. The van der Waals surface area contributed by atoms with Crippen LogP contribution >= 0.6 is 0 Å². The topological polar surface area (TPSA) is 69.7 Å². The number of carbonyl (C=O) groups excluding carboxylic acids is 1. The number of amides is 1. The average molecular weight is 410 g/mol. The third kappa shape index (κ3) is 6.87. The van der Waals surface area contributed by atoms with E-state index in [1.54, 1.807) is 0 Å². The molecule has 1 fully saturated rings. The van der Waals surface area contributed by atoms with E-state index in [0.29, 0.717) is 32.1 Å². The molecule has 0 spiro atoms. The molecule has 0 saturated carbocycles. The summed E-state index contributed by atoms with van der Waals surface area (Å²) >= 11 is 0. The van der Waals surface area contributed by atoms with Gasteiger partial charge in [0.25, 0.3) is 0 Å². The number of hydrogen-bond acceptors (Lipinski definition) is 4. The van der Waals surface area contributed by atoms with E-state index in [4.69, 9.17) is 0 Å². The van der Waals surface area contributed by atoms with Crippen molar-refractivity contribution in [2.45, 2.75) is 52.6 Å². The lowest BCUT2D eigenvalue weighted by molar-refractivity contribution is -0.126. The van der Waals surface area contributed by atoms with Gasteiger partial charge in [-0.2, -0.15) is 0 Å². The third-order valence-electron chi connectivity index (χ3n) is 5.27. The van der Waals surface area contributed by atoms with Crippen molar-refractivity contribution in [3.05, 3.63) is 35.9 Å². The van der Waals surface area contributed by atoms with Gasteiger partial charge < -0.3 is 5.32 Å². The van der Waals surface area contributed by atoms with Crippen molar-refractivity contribution >= 4 is 15.9 Å². The number of benzene rings is 1. The van der Waals surface area contributed by atoms with Gasteiger partial charge in [0.2, 0.25) is 15.9 Å². The summed E-state index contributed by atoms with van der Waals surface area (Å²) in [7, 11) is -3.23. The summed E-state index contributed by atoms with van der Waals surface area (Å²) < 4.78 is 26.1. The van der Waals surface area contributed by atoms with Crippen LogP contribution in [0.5, 0.6) is 0 Å². The van der Waals surface area contributed by atoms with Crippen LogP contribution in [0.25, 0.3) is 0 Å². The van der Waals surface area contributed by atoms with Gasteiger partial charge in [0.15, 0.2) is 0 Å². The van der Waals surface area contributed by atoms with Crippen LogP contribution in [0.15, 0.2) is 30.3 Å². The monoisotopic (exact) mass is 409 g/mol. The Labute approximate surface area is 170 Å². The van der Waals surface area contributed by atoms with Crippen molar-refractivity contribution in [3.8, 4) is 0 Å². The molecule has 1 heterocycles. The molecule has 0 radical (unpaired) electrons. The molecule has 1 atom stereocenters. The lowest BCUT2D eigenvalue weighted by Crippen LogP contribution is -2.47. The summed E-state index contributed by atoms with van der Waals surface area (Å²) in [6.45, 7) is 9.20. The van der Waals surface area contributed by atoms with Gasteiger partial charge in [-0.1, -0.05) is 37.3 Å². The molecule has 1 aromatic rings. The average Bonchev–Trinajstić information content (AvgIpc) is 2.68. The lowest BCUT2D eigenvalue weighted by atomic mass is 9.99. The maximum Gasteiger partial charge on any atom is 0.224 e. The quantitative estimate of drug-likeness (QED) is 0.644. The highest BCUT2D eigenvalue weighted by Gasteiger charge is 2.31. The summed E-state index contributed by atoms with van der Waals surface area (Å²) in [5.74, 6) is -0.119. The maximum absolute atomic E-state index is 12.6. The van der Waals surface area contributed by atoms with Crippen molar-refractivity contribution in [1.82, 2.24) is 14.5 Å². The van der Waals surface area contributed by atoms with E-state index in [1.165, 1.54) is 9.87 Å². The number of rotatable bonds is 10. The first-order valence-electron chi connectivity index (χ1n) is 10.4. The van der Waals surface area contributed by atoms with Crippen LogP contribution in [-0.2, 0) is 21.4 Å². The Balaban J connectivity index is 1.83. The minimum absolute atomic E-state index is 0.0279. The van der Waals surface area contributed by atoms with Crippen LogP contribution in [0.3, 0.4) is 0 Å². The van der Waals surface area contributed by atoms with Crippen molar-refractivity contribution in [1.29, 1.82) is 0 Å². The Hall–Kier alpha value is -1.44. The molecule has 0 bridgehead atoms. The molecule has 0 aliphatic carbocycles. The Morgan fingerprint density at radius 1 is 1.29 bits per heavy atom. The van der Waals surface area contributed by atoms with Gasteiger partial charge in [-0.3, -0.25) is 9.69 Å². The number of hydrogen-bond donors (Lipinski definition) is 1. The Morgan fingerprint density at radius 3 is 2.64 bits per heavy atom. The van der Waals surface area contributed by atoms with Crippen molar-refractivity contribution in [2.75, 3.05) is 31.9 Å². The second-order valence-electron chi connectivity index (χ2n) is 7.85. The standard InChI is InChI=1S/C21H35N3O3S/c1-4-15-28(26,27)24-13-8-11-20(17-24)21(25)22-12-14-23(18(2)3)16-19-9-6-5-7-10-19/h5-7,9-10,18,20H,4,8,11-17H2,1-3H3,(H,22,25). The van der Waals surface area contributed by atoms with E-state index in [0.717, 1.165) is 25.9 Å². The Kier molecular flexibility index (Phi) is 8.92. The summed E-state index contributed by atoms with van der Waals surface area (Å²) in [5, 5.41) is 3.03. The van der Waals surface area contributed by atoms with Gasteiger partial charge in [0.1, 0.15) is 0 Å². The molecule has 0 aromatic heterocycles. The molecular formula is C21H35N3O3S. The van der Waals surface area contributed by atoms with E-state index in [1.807, 2.05) is 25.1 Å². The second kappa shape index (κ2) is 10.9. The molecule has 6 nitrogen and oxygen atoms in total. The minimum Gasteiger partial charge on any atom is -0.355 e. The van der Waals surface area contributed by atoms with E-state index < -0.39 is 10.0 Å². The number of carbonyl (C=O) groups is 1. The van der Waals surface area contributed by atoms with E-state index in [-0.39, 0.29) is 17.6 Å². The van der Waals surface area contributed by atoms with Crippen LogP contribution in [0.2, 0.25) is 0 Å². The zero-order valence-electron chi connectivity index (χ0n) is 17.4. The Morgan fingerprint density at radius 2 is 2.00 bits per heavy atom. The fraction of sp³-hybridized carbons (Fsp3) is 0.667. The predicted molar refractivity (Wildman–Crippen MR) is 113 cm³/mol.